The third-order valence-corrected chi connectivity index (χ3v) is 16.9. The Morgan fingerprint density at radius 3 is 2.38 bits per heavy atom. The molecule has 0 aliphatic heterocycles. The molecule has 1 aromatic carbocycles. The lowest BCUT2D eigenvalue weighted by atomic mass is 9.32. The zero-order chi connectivity index (χ0) is 37.0. The number of aliphatic hydroxyl groups excluding tert-OH is 1. The molecule has 2 aromatic heterocycles. The molecule has 8 atom stereocenters. The van der Waals surface area contributed by atoms with Crippen molar-refractivity contribution in [1.82, 2.24) is 4.31 Å². The maximum absolute atomic E-state index is 14.5. The van der Waals surface area contributed by atoms with Gasteiger partial charge in [0, 0.05) is 34.9 Å². The summed E-state index contributed by atoms with van der Waals surface area (Å²) in [6.07, 6.45) is 6.69. The number of ketones is 1. The molecule has 0 radical (unpaired) electrons. The molecule has 6 aliphatic rings. The molecule has 52 heavy (non-hydrogen) atoms. The van der Waals surface area contributed by atoms with Gasteiger partial charge in [-0.15, -0.1) is 24.5 Å². The fraction of sp³-hybridized carbons (Fsp3) is 0.513. The number of carbonyl (C=O) groups is 1. The molecule has 0 amide bonds. The van der Waals surface area contributed by atoms with Crippen LogP contribution in [0.3, 0.4) is 0 Å². The van der Waals surface area contributed by atoms with E-state index in [9.17, 15) is 36.6 Å². The van der Waals surface area contributed by atoms with Gasteiger partial charge in [0.1, 0.15) is 9.96 Å². The summed E-state index contributed by atoms with van der Waals surface area (Å²) in [6, 6.07) is 11.6. The van der Waals surface area contributed by atoms with Crippen LogP contribution < -0.4 is 4.74 Å². The number of benzene rings is 1. The maximum atomic E-state index is 14.5. The van der Waals surface area contributed by atoms with E-state index in [1.165, 1.54) is 28.8 Å². The van der Waals surface area contributed by atoms with Crippen LogP contribution in [0.4, 0.5) is 13.2 Å². The van der Waals surface area contributed by atoms with Gasteiger partial charge in [-0.1, -0.05) is 50.3 Å². The Balaban J connectivity index is 1.18. The van der Waals surface area contributed by atoms with E-state index >= 15 is 0 Å². The summed E-state index contributed by atoms with van der Waals surface area (Å²) in [5.41, 5.74) is -2.79. The smallest absolute Gasteiger partial charge is 0.461 e. The topological polar surface area (TPSA) is 117 Å². The van der Waals surface area contributed by atoms with Crippen LogP contribution in [-0.4, -0.2) is 53.3 Å². The van der Waals surface area contributed by atoms with E-state index in [4.69, 9.17) is 4.42 Å². The van der Waals surface area contributed by atoms with Gasteiger partial charge in [0.05, 0.1) is 18.0 Å². The number of hydrogen-bond donors (Lipinski definition) is 2. The first kappa shape index (κ1) is 35.8. The fourth-order valence-corrected chi connectivity index (χ4v) is 13.8. The highest BCUT2D eigenvalue weighted by Crippen LogP contribution is 2.78. The minimum Gasteiger partial charge on any atom is -0.461 e. The quantitative estimate of drug-likeness (QED) is 0.168. The Bertz CT molecular complexity index is 2030. The first-order valence-electron chi connectivity index (χ1n) is 17.8. The standard InChI is InChI=1S/C39H42F3NO7S2/c1-34-14-11-26(44)21-36(34)17-18-38(28(22-36)33(45)29-5-3-19-49-29)30(34)12-15-35(2)31(38)13-16-37(35,46)24-43(52(47,48)32-6-4-20-51-32)23-25-7-9-27(10-8-25)50-39(40,41)42/h3-10,17-20,22,26,30-31,44,46H,11-16,21,23-24H2,1-2H3/t26?,30-,31-,34-,35+,36+,37-,38-/m1/s1. The van der Waals surface area contributed by atoms with Gasteiger partial charge in [0.15, 0.2) is 5.76 Å². The monoisotopic (exact) mass is 757 g/mol. The number of carbonyl (C=O) groups excluding carboxylic acids is 1. The van der Waals surface area contributed by atoms with Crippen molar-refractivity contribution in [2.45, 2.75) is 87.6 Å². The van der Waals surface area contributed by atoms with Gasteiger partial charge >= 0.3 is 6.36 Å². The largest absolute Gasteiger partial charge is 0.573 e. The Morgan fingerprint density at radius 1 is 1.00 bits per heavy atom. The summed E-state index contributed by atoms with van der Waals surface area (Å²) >= 11 is 1.05. The molecule has 2 bridgehead atoms. The van der Waals surface area contributed by atoms with Crippen molar-refractivity contribution >= 4 is 27.1 Å². The molecule has 6 aliphatic carbocycles. The number of fused-ring (bicyclic) bond motifs is 1. The number of alkyl halides is 3. The maximum Gasteiger partial charge on any atom is 0.573 e. The molecular formula is C39H42F3NO7S2. The summed E-state index contributed by atoms with van der Waals surface area (Å²) in [6.45, 7) is 3.89. The van der Waals surface area contributed by atoms with E-state index in [-0.39, 0.29) is 52.5 Å². The average Bonchev–Trinajstić information content (AvgIpc) is 3.87. The zero-order valence-electron chi connectivity index (χ0n) is 28.9. The molecule has 3 aromatic rings. The van der Waals surface area contributed by atoms with Gasteiger partial charge in [-0.05, 0) is 103 Å². The van der Waals surface area contributed by atoms with E-state index in [1.807, 2.05) is 6.92 Å². The summed E-state index contributed by atoms with van der Waals surface area (Å²) in [5.74, 6) is -0.580. The molecule has 3 saturated carbocycles. The predicted octanol–water partition coefficient (Wildman–Crippen LogP) is 7.90. The molecule has 0 saturated heterocycles. The summed E-state index contributed by atoms with van der Waals surface area (Å²) in [5, 5.41) is 25.5. The minimum atomic E-state index is -4.87. The number of allylic oxidation sites excluding steroid dienone is 4. The Kier molecular flexibility index (Phi) is 8.18. The normalized spacial score (nSPS) is 36.6. The van der Waals surface area contributed by atoms with Gasteiger partial charge in [0.25, 0.3) is 10.0 Å². The van der Waals surface area contributed by atoms with E-state index in [0.29, 0.717) is 43.2 Å². The highest BCUT2D eigenvalue weighted by molar-refractivity contribution is 7.91. The Labute approximate surface area is 305 Å². The van der Waals surface area contributed by atoms with Crippen LogP contribution >= 0.6 is 11.3 Å². The molecule has 278 valence electrons. The summed E-state index contributed by atoms with van der Waals surface area (Å²) < 4.78 is 78.1. The molecule has 2 N–H and O–H groups in total. The van der Waals surface area contributed by atoms with Gasteiger partial charge in [-0.25, -0.2) is 8.42 Å². The number of sulfonamides is 1. The number of ether oxygens (including phenoxy) is 1. The van der Waals surface area contributed by atoms with Gasteiger partial charge in [0.2, 0.25) is 5.78 Å². The SMILES string of the molecule is C[C@]12CC[C@H]3[C@]4(C=C[C@@]5(C=C4C(=O)c4ccco4)CC(O)CC[C@]35C)[C@@H]1CC[C@@]2(O)CN(Cc1ccc(OC(F)(F)F)cc1)S(=O)(=O)c1cccs1. The lowest BCUT2D eigenvalue weighted by Gasteiger charge is -2.71. The number of hydrogen-bond acceptors (Lipinski definition) is 8. The van der Waals surface area contributed by atoms with Crippen LogP contribution in [0.2, 0.25) is 0 Å². The number of Topliss-reactive ketones (excluding diaryl/α,β-unsaturated/α-hetero) is 1. The number of aliphatic hydroxyl groups is 2. The lowest BCUT2D eigenvalue weighted by molar-refractivity contribution is -0.274. The second kappa shape index (κ2) is 11.9. The summed E-state index contributed by atoms with van der Waals surface area (Å²) in [4.78, 5) is 14.5. The molecule has 3 fully saturated rings. The number of nitrogens with zero attached hydrogens (tertiary/aromatic N) is 1. The third-order valence-electron chi connectivity index (χ3n) is 13.7. The van der Waals surface area contributed by atoms with Crippen LogP contribution in [0.1, 0.15) is 74.9 Å². The zero-order valence-corrected chi connectivity index (χ0v) is 30.6. The van der Waals surface area contributed by atoms with Crippen molar-refractivity contribution in [1.29, 1.82) is 0 Å². The number of rotatable bonds is 9. The first-order chi connectivity index (χ1) is 24.5. The first-order valence-corrected chi connectivity index (χ1v) is 20.1. The fourth-order valence-electron chi connectivity index (χ4n) is 11.2. The molecule has 1 unspecified atom stereocenters. The molecule has 8 nitrogen and oxygen atoms in total. The van der Waals surface area contributed by atoms with Crippen LogP contribution in [-0.2, 0) is 16.6 Å². The third kappa shape index (κ3) is 5.16. The minimum absolute atomic E-state index is 0.0419. The lowest BCUT2D eigenvalue weighted by Crippen LogP contribution is -2.67. The predicted molar refractivity (Wildman–Crippen MR) is 187 cm³/mol. The molecular weight excluding hydrogens is 716 g/mol. The second-order valence-electron chi connectivity index (χ2n) is 16.0. The van der Waals surface area contributed by atoms with Gasteiger partial charge in [-0.3, -0.25) is 4.79 Å². The van der Waals surface area contributed by atoms with Crippen molar-refractivity contribution in [3.05, 3.63) is 95.3 Å². The van der Waals surface area contributed by atoms with Crippen LogP contribution in [0.25, 0.3) is 0 Å². The van der Waals surface area contributed by atoms with Crippen molar-refractivity contribution in [3.8, 4) is 5.75 Å². The summed E-state index contributed by atoms with van der Waals surface area (Å²) in [7, 11) is -4.14. The molecule has 2 heterocycles. The number of thiophene rings is 1. The number of furan rings is 1. The molecule has 9 rings (SSSR count). The van der Waals surface area contributed by atoms with Crippen LogP contribution in [0.15, 0.2) is 92.6 Å². The van der Waals surface area contributed by atoms with Crippen LogP contribution in [0, 0.1) is 33.5 Å². The van der Waals surface area contributed by atoms with Crippen molar-refractivity contribution in [2.75, 3.05) is 6.54 Å². The highest BCUT2D eigenvalue weighted by atomic mass is 32.2. The molecule has 2 spiro atoms. The van der Waals surface area contributed by atoms with E-state index in [0.717, 1.165) is 29.9 Å². The Morgan fingerprint density at radius 2 is 1.71 bits per heavy atom. The van der Waals surface area contributed by atoms with E-state index in [2.05, 4.69) is 29.9 Å². The van der Waals surface area contributed by atoms with Crippen LogP contribution in [0.5, 0.6) is 5.75 Å². The second-order valence-corrected chi connectivity index (χ2v) is 19.1. The van der Waals surface area contributed by atoms with Gasteiger partial charge < -0.3 is 19.4 Å². The van der Waals surface area contributed by atoms with E-state index < -0.39 is 50.1 Å². The number of halogens is 3. The van der Waals surface area contributed by atoms with E-state index in [1.54, 1.807) is 23.6 Å². The van der Waals surface area contributed by atoms with Crippen molar-refractivity contribution < 1.29 is 45.8 Å². The Hall–Kier alpha value is -3.23. The van der Waals surface area contributed by atoms with Crippen molar-refractivity contribution in [3.63, 3.8) is 0 Å². The molecule has 13 heteroatoms. The highest BCUT2D eigenvalue weighted by Gasteiger charge is 2.74. The van der Waals surface area contributed by atoms with Crippen molar-refractivity contribution in [2.24, 2.45) is 33.5 Å². The average molecular weight is 758 g/mol. The van der Waals surface area contributed by atoms with Gasteiger partial charge in [-0.2, -0.15) is 4.31 Å².